The van der Waals surface area contributed by atoms with Crippen LogP contribution in [0.25, 0.3) is 45.1 Å². The number of aromatic nitrogens is 12. The van der Waals surface area contributed by atoms with Crippen molar-refractivity contribution in [3.8, 4) is 22.8 Å². The molecule has 0 unspecified atom stereocenters. The van der Waals surface area contributed by atoms with Gasteiger partial charge in [-0.3, -0.25) is 9.13 Å². The minimum Gasteiger partial charge on any atom is -0.378 e. The van der Waals surface area contributed by atoms with Gasteiger partial charge in [-0.15, -0.1) is 0 Å². The number of imidazole rings is 2. The lowest BCUT2D eigenvalue weighted by Gasteiger charge is -2.32. The Balaban J connectivity index is 0.000000139. The molecule has 0 aromatic carbocycles. The average Bonchev–Trinajstić information content (AvgIpc) is 4.30. The van der Waals surface area contributed by atoms with Gasteiger partial charge < -0.3 is 51.6 Å². The fraction of sp³-hybridized carbons (Fsp3) is 0.591. The lowest BCUT2D eigenvalue weighted by atomic mass is 10.2. The topological polar surface area (TPSA) is 255 Å². The zero-order valence-corrected chi connectivity index (χ0v) is 39.1. The van der Waals surface area contributed by atoms with Crippen LogP contribution in [0.1, 0.15) is 39.5 Å². The van der Waals surface area contributed by atoms with E-state index in [1.165, 1.54) is 25.7 Å². The van der Waals surface area contributed by atoms with Gasteiger partial charge in [0, 0.05) is 115 Å². The smallest absolute Gasteiger partial charge is 0.219 e. The highest BCUT2D eigenvalue weighted by molar-refractivity contribution is 6.29. The quantitative estimate of drug-likeness (QED) is 0.130. The van der Waals surface area contributed by atoms with Crippen LogP contribution < -0.4 is 42.1 Å². The van der Waals surface area contributed by atoms with Crippen molar-refractivity contribution in [3.05, 3.63) is 30.1 Å². The first-order chi connectivity index (χ1) is 32.7. The predicted octanol–water partition coefficient (Wildman–Crippen LogP) is 2.24. The normalized spacial score (nSPS) is 21.2. The Morgan fingerprint density at radius 1 is 0.597 bits per heavy atom. The molecule has 356 valence electrons. The summed E-state index contributed by atoms with van der Waals surface area (Å²) in [6.07, 6.45) is 11.6. The van der Waals surface area contributed by atoms with Crippen molar-refractivity contribution in [2.75, 3.05) is 118 Å². The van der Waals surface area contributed by atoms with Crippen LogP contribution in [-0.2, 0) is 22.6 Å². The molecule has 23 heteroatoms. The molecule has 0 bridgehead atoms. The molecule has 10 heterocycles. The monoisotopic (exact) mass is 936 g/mol. The number of nitrogen functional groups attached to an aromatic ring is 2. The molecule has 6 aromatic heterocycles. The fourth-order valence-corrected chi connectivity index (χ4v) is 8.92. The van der Waals surface area contributed by atoms with Crippen molar-refractivity contribution >= 4 is 63.4 Å². The summed E-state index contributed by atoms with van der Waals surface area (Å²) in [4.78, 5) is 52.6. The maximum atomic E-state index is 6.47. The van der Waals surface area contributed by atoms with Gasteiger partial charge in [0.15, 0.2) is 45.6 Å². The molecule has 4 saturated heterocycles. The Labute approximate surface area is 394 Å². The number of piperazine rings is 2. The summed E-state index contributed by atoms with van der Waals surface area (Å²) in [6.45, 7) is 18.1. The zero-order valence-electron chi connectivity index (χ0n) is 38.3. The summed E-state index contributed by atoms with van der Waals surface area (Å²) in [7, 11) is 0. The highest BCUT2D eigenvalue weighted by atomic mass is 35.5. The molecule has 6 aromatic rings. The van der Waals surface area contributed by atoms with Crippen LogP contribution in [0.15, 0.2) is 24.8 Å². The Kier molecular flexibility index (Phi) is 13.7. The second-order valence-electron chi connectivity index (χ2n) is 18.2. The highest BCUT2D eigenvalue weighted by Crippen LogP contribution is 2.38. The number of nitrogens with one attached hydrogen (secondary N) is 3. The van der Waals surface area contributed by atoms with Gasteiger partial charge in [-0.05, 0) is 63.0 Å². The summed E-state index contributed by atoms with van der Waals surface area (Å²) < 4.78 is 15.4. The number of ether oxygens (including phenoxy) is 2. The molecule has 2 aliphatic carbocycles. The number of nitrogens with two attached hydrogens (primary N) is 2. The SMILES string of the molecule is C[C@@H]1CN(c2nc3c(N4CCOCC4)nc(-c4cnc(N)nc4)nc3n2CC2CC2)CCN1.C[C@@H]1CNCCN1.Nc1ncc(-c2nc(N3CCOCC3)c3nc(Cl)n(CC4CC4)c3n2)cn1. The molecule has 4 aliphatic heterocycles. The summed E-state index contributed by atoms with van der Waals surface area (Å²) in [5.74, 6) is 5.55. The molecule has 2 atom stereocenters. The second kappa shape index (κ2) is 20.3. The Morgan fingerprint density at radius 2 is 1.10 bits per heavy atom. The number of hydrogen-bond acceptors (Lipinski definition) is 20. The van der Waals surface area contributed by atoms with Crippen molar-refractivity contribution < 1.29 is 9.47 Å². The maximum absolute atomic E-state index is 6.47. The largest absolute Gasteiger partial charge is 0.378 e. The zero-order chi connectivity index (χ0) is 45.9. The van der Waals surface area contributed by atoms with Gasteiger partial charge in [0.05, 0.1) is 37.6 Å². The molecule has 22 nitrogen and oxygen atoms in total. The molecule has 6 fully saturated rings. The number of halogens is 1. The second-order valence-corrected chi connectivity index (χ2v) is 18.5. The van der Waals surface area contributed by atoms with Gasteiger partial charge in [-0.25, -0.2) is 49.8 Å². The molecule has 0 radical (unpaired) electrons. The minimum absolute atomic E-state index is 0.218. The van der Waals surface area contributed by atoms with Crippen LogP contribution in [0.3, 0.4) is 0 Å². The molecular weight excluding hydrogens is 876 g/mol. The Morgan fingerprint density at radius 3 is 1.58 bits per heavy atom. The number of hydrogen-bond donors (Lipinski definition) is 5. The summed E-state index contributed by atoms with van der Waals surface area (Å²) in [5, 5.41) is 10.6. The van der Waals surface area contributed by atoms with Crippen LogP contribution in [0.2, 0.25) is 5.28 Å². The van der Waals surface area contributed by atoms with Crippen molar-refractivity contribution in [1.29, 1.82) is 0 Å². The van der Waals surface area contributed by atoms with Crippen LogP contribution in [0, 0.1) is 11.8 Å². The van der Waals surface area contributed by atoms with Crippen molar-refractivity contribution in [3.63, 3.8) is 0 Å². The van der Waals surface area contributed by atoms with Crippen LogP contribution in [0.4, 0.5) is 29.5 Å². The van der Waals surface area contributed by atoms with Crippen LogP contribution >= 0.6 is 11.6 Å². The molecule has 67 heavy (non-hydrogen) atoms. The number of morpholine rings is 2. The molecule has 0 amide bonds. The van der Waals surface area contributed by atoms with Crippen molar-refractivity contribution in [1.82, 2.24) is 74.9 Å². The fourth-order valence-electron chi connectivity index (χ4n) is 8.69. The van der Waals surface area contributed by atoms with Gasteiger partial charge in [-0.1, -0.05) is 0 Å². The maximum Gasteiger partial charge on any atom is 0.219 e. The van der Waals surface area contributed by atoms with Gasteiger partial charge in [0.25, 0.3) is 0 Å². The van der Waals surface area contributed by atoms with Crippen molar-refractivity contribution in [2.24, 2.45) is 11.8 Å². The average molecular weight is 938 g/mol. The van der Waals surface area contributed by atoms with E-state index in [-0.39, 0.29) is 11.9 Å². The predicted molar refractivity (Wildman–Crippen MR) is 258 cm³/mol. The van der Waals surface area contributed by atoms with E-state index in [0.717, 1.165) is 124 Å². The summed E-state index contributed by atoms with van der Waals surface area (Å²) in [6, 6.07) is 1.09. The number of fused-ring (bicyclic) bond motifs is 2. The minimum atomic E-state index is 0.218. The first kappa shape index (κ1) is 45.1. The van der Waals surface area contributed by atoms with Crippen molar-refractivity contribution in [2.45, 2.75) is 64.7 Å². The lowest BCUT2D eigenvalue weighted by Crippen LogP contribution is -2.50. The van der Waals surface area contributed by atoms with E-state index in [0.29, 0.717) is 72.8 Å². The third-order valence-electron chi connectivity index (χ3n) is 12.7. The number of rotatable bonds is 9. The summed E-state index contributed by atoms with van der Waals surface area (Å²) in [5.41, 5.74) is 16.0. The van der Waals surface area contributed by atoms with Gasteiger partial charge in [0.1, 0.15) is 0 Å². The Bertz CT molecular complexity index is 2600. The lowest BCUT2D eigenvalue weighted by molar-refractivity contribution is 0.122. The van der Waals surface area contributed by atoms with Gasteiger partial charge in [-0.2, -0.15) is 0 Å². The molecular formula is C44H61ClN20O2. The van der Waals surface area contributed by atoms with E-state index in [9.17, 15) is 0 Å². The molecule has 7 N–H and O–H groups in total. The Hall–Kier alpha value is -5.65. The first-order valence-electron chi connectivity index (χ1n) is 23.7. The molecule has 6 aliphatic rings. The van der Waals surface area contributed by atoms with E-state index < -0.39 is 0 Å². The molecule has 0 spiro atoms. The first-order valence-corrected chi connectivity index (χ1v) is 24.1. The van der Waals surface area contributed by atoms with Gasteiger partial charge >= 0.3 is 0 Å². The van der Waals surface area contributed by atoms with E-state index in [2.05, 4.69) is 74.0 Å². The van der Waals surface area contributed by atoms with Crippen LogP contribution in [0.5, 0.6) is 0 Å². The number of anilines is 5. The third-order valence-corrected chi connectivity index (χ3v) is 13.0. The van der Waals surface area contributed by atoms with Crippen LogP contribution in [-0.4, -0.2) is 163 Å². The van der Waals surface area contributed by atoms with E-state index >= 15 is 0 Å². The summed E-state index contributed by atoms with van der Waals surface area (Å²) >= 11 is 6.47. The van der Waals surface area contributed by atoms with Gasteiger partial charge in [0.2, 0.25) is 23.1 Å². The van der Waals surface area contributed by atoms with E-state index in [4.69, 9.17) is 57.5 Å². The molecule has 12 rings (SSSR count). The number of nitrogens with zero attached hydrogens (tertiary/aromatic N) is 15. The van der Waals surface area contributed by atoms with E-state index in [1.54, 1.807) is 24.8 Å². The standard InChI is InChI=1S/C22H30N10O.C17H19ClN8O.C5H12N2/c1-14-12-31(5-4-24-14)22-27-17-19(30-6-8-33-9-7-30)28-18(16-10-25-21(23)26-11-16)29-20(17)32(22)13-15-2-3-15;18-16-22-12-14(25-3-5-27-6-4-25)23-13(11-7-20-17(19)21-8-11)24-15(12)26(16)9-10-1-2-10;1-5-4-6-2-3-7-5/h10-11,14-15,24H,2-9,12-13H2,1H3,(H2,23,25,26);7-8,10H,1-6,9H2,(H2,19,20,21);5-7H,2-4H2,1H3/t14-;;5-/m1.1/s1. The third kappa shape index (κ3) is 10.7. The molecule has 2 saturated carbocycles. The van der Waals surface area contributed by atoms with E-state index in [1.807, 2.05) is 4.57 Å². The highest BCUT2D eigenvalue weighted by Gasteiger charge is 2.32.